The van der Waals surface area contributed by atoms with Gasteiger partial charge in [0.05, 0.1) is 11.4 Å². The lowest BCUT2D eigenvalue weighted by atomic mass is 10.1. The van der Waals surface area contributed by atoms with Crippen LogP contribution in [0.2, 0.25) is 5.02 Å². The molecule has 9 heteroatoms. The lowest BCUT2D eigenvalue weighted by Crippen LogP contribution is -2.43. The molecular weight excluding hydrogens is 457 g/mol. The van der Waals surface area contributed by atoms with Gasteiger partial charge in [0, 0.05) is 30.9 Å². The average Bonchev–Trinajstić information content (AvgIpc) is 2.85. The van der Waals surface area contributed by atoms with Crippen molar-refractivity contribution in [2.24, 2.45) is 0 Å². The molecule has 34 heavy (non-hydrogen) atoms. The van der Waals surface area contributed by atoms with Gasteiger partial charge in [-0.15, -0.1) is 0 Å². The third-order valence-electron chi connectivity index (χ3n) is 5.59. The number of halogens is 2. The Bertz CT molecular complexity index is 1100. The summed E-state index contributed by atoms with van der Waals surface area (Å²) in [6.45, 7) is 2.73. The summed E-state index contributed by atoms with van der Waals surface area (Å²) in [6.07, 6.45) is 3.87. The highest BCUT2D eigenvalue weighted by Crippen LogP contribution is 2.23. The quantitative estimate of drug-likeness (QED) is 0.413. The molecule has 1 fully saturated rings. The number of nitrogens with one attached hydrogen (secondary N) is 2. The molecule has 3 aromatic rings. The zero-order valence-electron chi connectivity index (χ0n) is 18.7. The van der Waals surface area contributed by atoms with Gasteiger partial charge in [-0.25, -0.2) is 14.4 Å². The molecular formula is C25H27ClFN5O2. The zero-order chi connectivity index (χ0) is 23.8. The van der Waals surface area contributed by atoms with Crippen LogP contribution < -0.4 is 10.6 Å². The summed E-state index contributed by atoms with van der Waals surface area (Å²) in [7, 11) is 0. The van der Waals surface area contributed by atoms with Gasteiger partial charge in [-0.2, -0.15) is 0 Å². The zero-order valence-corrected chi connectivity index (χ0v) is 19.5. The summed E-state index contributed by atoms with van der Waals surface area (Å²) in [5, 5.41) is 6.61. The van der Waals surface area contributed by atoms with Crippen LogP contribution in [0.5, 0.6) is 0 Å². The van der Waals surface area contributed by atoms with Gasteiger partial charge < -0.3 is 20.3 Å². The van der Waals surface area contributed by atoms with E-state index in [2.05, 4.69) is 25.5 Å². The standard InChI is InChI=1S/C25H27ClFN5O2/c26-21-13-19(8-9-22(21)27)30-23-14-24(29-17-28-23)31-20-7-4-11-32(15-20)12-10-25(33)34-16-18-5-2-1-3-6-18/h1-3,5-6,8-9,13-14,17,20H,4,7,10-12,15-16H2,(H2,28,29,30,31). The van der Waals surface area contributed by atoms with Crippen molar-refractivity contribution in [2.75, 3.05) is 30.3 Å². The minimum Gasteiger partial charge on any atom is -0.461 e. The molecule has 1 aliphatic rings. The summed E-state index contributed by atoms with van der Waals surface area (Å²) in [5.41, 5.74) is 1.62. The highest BCUT2D eigenvalue weighted by molar-refractivity contribution is 6.31. The number of hydrogen-bond donors (Lipinski definition) is 2. The molecule has 0 radical (unpaired) electrons. The summed E-state index contributed by atoms with van der Waals surface area (Å²) in [4.78, 5) is 23.0. The third-order valence-corrected chi connectivity index (χ3v) is 5.88. The number of rotatable bonds is 9. The van der Waals surface area contributed by atoms with Gasteiger partial charge in [0.2, 0.25) is 0 Å². The Labute approximate surface area is 203 Å². The monoisotopic (exact) mass is 483 g/mol. The van der Waals surface area contributed by atoms with Crippen molar-refractivity contribution >= 4 is 34.9 Å². The number of carbonyl (C=O) groups is 1. The van der Waals surface area contributed by atoms with E-state index >= 15 is 0 Å². The van der Waals surface area contributed by atoms with Gasteiger partial charge in [0.1, 0.15) is 30.4 Å². The second kappa shape index (κ2) is 11.8. The summed E-state index contributed by atoms with van der Waals surface area (Å²) >= 11 is 5.85. The topological polar surface area (TPSA) is 79.4 Å². The molecule has 0 aliphatic carbocycles. The van der Waals surface area contributed by atoms with E-state index in [9.17, 15) is 9.18 Å². The summed E-state index contributed by atoms with van der Waals surface area (Å²) in [5.74, 6) is 0.615. The minimum atomic E-state index is -0.469. The molecule has 2 heterocycles. The molecule has 1 aromatic heterocycles. The second-order valence-corrected chi connectivity index (χ2v) is 8.63. The van der Waals surface area contributed by atoms with Crippen molar-refractivity contribution in [1.29, 1.82) is 0 Å². The maximum Gasteiger partial charge on any atom is 0.307 e. The van der Waals surface area contributed by atoms with Crippen LogP contribution in [0.4, 0.5) is 21.7 Å². The van der Waals surface area contributed by atoms with Crippen molar-refractivity contribution in [3.63, 3.8) is 0 Å². The third kappa shape index (κ3) is 7.13. The fraction of sp³-hybridized carbons (Fsp3) is 0.320. The highest BCUT2D eigenvalue weighted by Gasteiger charge is 2.21. The number of nitrogens with zero attached hydrogens (tertiary/aromatic N) is 3. The van der Waals surface area contributed by atoms with E-state index in [0.717, 1.165) is 31.5 Å². The maximum atomic E-state index is 13.4. The van der Waals surface area contributed by atoms with Gasteiger partial charge in [-0.05, 0) is 43.1 Å². The Morgan fingerprint density at radius 2 is 1.97 bits per heavy atom. The van der Waals surface area contributed by atoms with E-state index in [1.165, 1.54) is 18.5 Å². The second-order valence-electron chi connectivity index (χ2n) is 8.22. The van der Waals surface area contributed by atoms with E-state index in [1.54, 1.807) is 12.1 Å². The van der Waals surface area contributed by atoms with Gasteiger partial charge >= 0.3 is 5.97 Å². The SMILES string of the molecule is O=C(CCN1CCCC(Nc2cc(Nc3ccc(F)c(Cl)c3)ncn2)C1)OCc1ccccc1. The van der Waals surface area contributed by atoms with Gasteiger partial charge in [-0.3, -0.25) is 4.79 Å². The molecule has 1 unspecified atom stereocenters. The molecule has 0 saturated carbocycles. The molecule has 1 saturated heterocycles. The number of carbonyl (C=O) groups excluding carboxylic acids is 1. The number of anilines is 3. The number of esters is 1. The van der Waals surface area contributed by atoms with Crippen LogP contribution in [0.25, 0.3) is 0 Å². The van der Waals surface area contributed by atoms with E-state index in [1.807, 2.05) is 30.3 Å². The van der Waals surface area contributed by atoms with Gasteiger partial charge in [0.15, 0.2) is 0 Å². The normalized spacial score (nSPS) is 16.1. The highest BCUT2D eigenvalue weighted by atomic mass is 35.5. The first-order chi connectivity index (χ1) is 16.5. The minimum absolute atomic E-state index is 0.0450. The molecule has 1 atom stereocenters. The molecule has 0 amide bonds. The van der Waals surface area contributed by atoms with Crippen LogP contribution in [0.3, 0.4) is 0 Å². The Kier molecular flexibility index (Phi) is 8.27. The van der Waals surface area contributed by atoms with Crippen molar-refractivity contribution in [3.8, 4) is 0 Å². The van der Waals surface area contributed by atoms with Crippen molar-refractivity contribution in [2.45, 2.75) is 31.9 Å². The molecule has 1 aliphatic heterocycles. The van der Waals surface area contributed by atoms with Crippen LogP contribution >= 0.6 is 11.6 Å². The maximum absolute atomic E-state index is 13.4. The first-order valence-electron chi connectivity index (χ1n) is 11.3. The Morgan fingerprint density at radius 1 is 1.15 bits per heavy atom. The number of likely N-dealkylation sites (tertiary alicyclic amines) is 1. The lowest BCUT2D eigenvalue weighted by molar-refractivity contribution is -0.145. The molecule has 7 nitrogen and oxygen atoms in total. The van der Waals surface area contributed by atoms with Crippen molar-refractivity contribution in [3.05, 3.63) is 77.3 Å². The summed E-state index contributed by atoms with van der Waals surface area (Å²) in [6, 6.07) is 16.1. The molecule has 2 aromatic carbocycles. The number of aromatic nitrogens is 2. The number of hydrogen-bond acceptors (Lipinski definition) is 7. The Hall–Kier alpha value is -3.23. The predicted molar refractivity (Wildman–Crippen MR) is 131 cm³/mol. The fourth-order valence-electron chi connectivity index (χ4n) is 3.87. The van der Waals surface area contributed by atoms with E-state index in [0.29, 0.717) is 36.9 Å². The van der Waals surface area contributed by atoms with E-state index in [-0.39, 0.29) is 17.0 Å². The first-order valence-corrected chi connectivity index (χ1v) is 11.7. The van der Waals surface area contributed by atoms with Crippen LogP contribution in [-0.4, -0.2) is 46.5 Å². The van der Waals surface area contributed by atoms with Crippen LogP contribution in [0.15, 0.2) is 60.9 Å². The van der Waals surface area contributed by atoms with Crippen molar-refractivity contribution < 1.29 is 13.9 Å². The van der Waals surface area contributed by atoms with Gasteiger partial charge in [0.25, 0.3) is 0 Å². The number of ether oxygens (including phenoxy) is 1. The molecule has 0 bridgehead atoms. The van der Waals surface area contributed by atoms with E-state index < -0.39 is 5.82 Å². The molecule has 0 spiro atoms. The predicted octanol–water partition coefficient (Wildman–Crippen LogP) is 5.02. The average molecular weight is 484 g/mol. The number of benzene rings is 2. The van der Waals surface area contributed by atoms with Crippen molar-refractivity contribution in [1.82, 2.24) is 14.9 Å². The van der Waals surface area contributed by atoms with Crippen LogP contribution in [0, 0.1) is 5.82 Å². The fourth-order valence-corrected chi connectivity index (χ4v) is 4.05. The first kappa shape index (κ1) is 23.9. The number of piperidine rings is 1. The van der Waals surface area contributed by atoms with E-state index in [4.69, 9.17) is 16.3 Å². The smallest absolute Gasteiger partial charge is 0.307 e. The Morgan fingerprint density at radius 3 is 2.79 bits per heavy atom. The Balaban J connectivity index is 1.24. The molecule has 4 rings (SSSR count). The molecule has 178 valence electrons. The molecule has 2 N–H and O–H groups in total. The lowest BCUT2D eigenvalue weighted by Gasteiger charge is -2.33. The van der Waals surface area contributed by atoms with Crippen LogP contribution in [-0.2, 0) is 16.1 Å². The largest absolute Gasteiger partial charge is 0.461 e. The van der Waals surface area contributed by atoms with Gasteiger partial charge in [-0.1, -0.05) is 41.9 Å². The summed E-state index contributed by atoms with van der Waals surface area (Å²) < 4.78 is 18.8. The van der Waals surface area contributed by atoms with Crippen LogP contribution in [0.1, 0.15) is 24.8 Å².